The van der Waals surface area contributed by atoms with Crippen molar-refractivity contribution in [2.45, 2.75) is 59.8 Å². The third kappa shape index (κ3) is 8.46. The summed E-state index contributed by atoms with van der Waals surface area (Å²) in [4.78, 5) is 10.6. The van der Waals surface area contributed by atoms with Crippen LogP contribution in [0.3, 0.4) is 0 Å². The van der Waals surface area contributed by atoms with Gasteiger partial charge < -0.3 is 5.32 Å². The molecule has 0 aromatic heterocycles. The van der Waals surface area contributed by atoms with Crippen LogP contribution in [0.4, 0.5) is 0 Å². The molecule has 0 aliphatic rings. The van der Waals surface area contributed by atoms with Crippen LogP contribution >= 0.6 is 0 Å². The maximum absolute atomic E-state index is 10.6. The van der Waals surface area contributed by atoms with E-state index in [9.17, 15) is 4.79 Å². The number of nitrogens with one attached hydrogen (secondary N) is 1. The average Bonchev–Trinajstić information content (AvgIpc) is 2.15. The highest BCUT2D eigenvalue weighted by atomic mass is 16.1. The smallest absolute Gasteiger partial charge is 0.216 e. The second kappa shape index (κ2) is 8.75. The van der Waals surface area contributed by atoms with E-state index in [1.165, 1.54) is 25.7 Å². The van der Waals surface area contributed by atoms with E-state index in [1.807, 2.05) is 0 Å². The molecule has 0 fully saturated rings. The number of carbonyl (C=O) groups excluding carboxylic acids is 1. The predicted molar refractivity (Wildman–Crippen MR) is 65.8 cm³/mol. The third-order valence-electron chi connectivity index (χ3n) is 3.09. The van der Waals surface area contributed by atoms with E-state index in [2.05, 4.69) is 26.1 Å². The summed E-state index contributed by atoms with van der Waals surface area (Å²) in [5.41, 5.74) is 0. The molecular formula is C13H27NO. The minimum absolute atomic E-state index is 0.0867. The molecule has 0 aromatic carbocycles. The molecule has 1 atom stereocenters. The van der Waals surface area contributed by atoms with E-state index in [1.54, 1.807) is 6.92 Å². The molecule has 0 aromatic rings. The van der Waals surface area contributed by atoms with Crippen molar-refractivity contribution >= 4 is 5.91 Å². The van der Waals surface area contributed by atoms with E-state index < -0.39 is 0 Å². The lowest BCUT2D eigenvalue weighted by Crippen LogP contribution is -2.20. The predicted octanol–water partition coefficient (Wildman–Crippen LogP) is 3.37. The molecule has 2 heteroatoms. The second-order valence-corrected chi connectivity index (χ2v) is 4.74. The molecule has 0 rings (SSSR count). The van der Waals surface area contributed by atoms with Crippen LogP contribution in [0.2, 0.25) is 0 Å². The van der Waals surface area contributed by atoms with Crippen molar-refractivity contribution in [2.75, 3.05) is 6.54 Å². The molecule has 0 radical (unpaired) electrons. The molecule has 90 valence electrons. The van der Waals surface area contributed by atoms with Crippen molar-refractivity contribution in [3.8, 4) is 0 Å². The van der Waals surface area contributed by atoms with E-state index >= 15 is 0 Å². The number of rotatable bonds is 8. The van der Waals surface area contributed by atoms with Crippen LogP contribution in [-0.2, 0) is 4.79 Å². The molecule has 0 aliphatic heterocycles. The monoisotopic (exact) mass is 213 g/mol. The van der Waals surface area contributed by atoms with Gasteiger partial charge in [0.25, 0.3) is 0 Å². The van der Waals surface area contributed by atoms with Gasteiger partial charge in [0.15, 0.2) is 0 Å². The van der Waals surface area contributed by atoms with Crippen molar-refractivity contribution < 1.29 is 4.79 Å². The quantitative estimate of drug-likeness (QED) is 0.615. The summed E-state index contributed by atoms with van der Waals surface area (Å²) >= 11 is 0. The van der Waals surface area contributed by atoms with Crippen LogP contribution in [0.15, 0.2) is 0 Å². The summed E-state index contributed by atoms with van der Waals surface area (Å²) in [6.45, 7) is 9.32. The van der Waals surface area contributed by atoms with Gasteiger partial charge in [-0.3, -0.25) is 4.79 Å². The number of hydrogen-bond donors (Lipinski definition) is 1. The van der Waals surface area contributed by atoms with Gasteiger partial charge in [0.1, 0.15) is 0 Å². The standard InChI is InChI=1S/C13H27NO/c1-5-13(11(2)3)9-7-6-8-10-14-12(4)15/h11,13H,5-10H2,1-4H3,(H,14,15). The topological polar surface area (TPSA) is 29.1 Å². The fourth-order valence-corrected chi connectivity index (χ4v) is 1.98. The lowest BCUT2D eigenvalue weighted by molar-refractivity contribution is -0.118. The molecule has 1 amide bonds. The largest absolute Gasteiger partial charge is 0.356 e. The van der Waals surface area contributed by atoms with Gasteiger partial charge in [-0.1, -0.05) is 46.5 Å². The Kier molecular flexibility index (Phi) is 8.44. The van der Waals surface area contributed by atoms with Crippen molar-refractivity contribution in [3.05, 3.63) is 0 Å². The minimum Gasteiger partial charge on any atom is -0.356 e. The Hall–Kier alpha value is -0.530. The van der Waals surface area contributed by atoms with E-state index in [4.69, 9.17) is 0 Å². The second-order valence-electron chi connectivity index (χ2n) is 4.74. The van der Waals surface area contributed by atoms with Crippen LogP contribution in [0.1, 0.15) is 59.8 Å². The Morgan fingerprint density at radius 3 is 2.33 bits per heavy atom. The Bertz CT molecular complexity index is 166. The van der Waals surface area contributed by atoms with Gasteiger partial charge in [0, 0.05) is 13.5 Å². The zero-order valence-corrected chi connectivity index (χ0v) is 10.8. The van der Waals surface area contributed by atoms with Gasteiger partial charge in [0.05, 0.1) is 0 Å². The van der Waals surface area contributed by atoms with Crippen LogP contribution in [0.25, 0.3) is 0 Å². The minimum atomic E-state index is 0.0867. The maximum atomic E-state index is 10.6. The Morgan fingerprint density at radius 2 is 1.87 bits per heavy atom. The molecule has 1 N–H and O–H groups in total. The van der Waals surface area contributed by atoms with Crippen LogP contribution in [-0.4, -0.2) is 12.5 Å². The number of amides is 1. The van der Waals surface area contributed by atoms with Gasteiger partial charge in [-0.15, -0.1) is 0 Å². The van der Waals surface area contributed by atoms with E-state index in [0.717, 1.165) is 24.8 Å². The molecule has 0 saturated carbocycles. The maximum Gasteiger partial charge on any atom is 0.216 e. The van der Waals surface area contributed by atoms with E-state index in [0.29, 0.717) is 0 Å². The molecule has 0 heterocycles. The van der Waals surface area contributed by atoms with Gasteiger partial charge in [-0.25, -0.2) is 0 Å². The molecule has 15 heavy (non-hydrogen) atoms. The summed E-state index contributed by atoms with van der Waals surface area (Å²) in [7, 11) is 0. The fraction of sp³-hybridized carbons (Fsp3) is 0.923. The molecule has 0 aliphatic carbocycles. The highest BCUT2D eigenvalue weighted by molar-refractivity contribution is 5.72. The summed E-state index contributed by atoms with van der Waals surface area (Å²) in [6.07, 6.45) is 6.30. The summed E-state index contributed by atoms with van der Waals surface area (Å²) in [5, 5.41) is 2.83. The van der Waals surface area contributed by atoms with Crippen LogP contribution < -0.4 is 5.32 Å². The summed E-state index contributed by atoms with van der Waals surface area (Å²) in [5.74, 6) is 1.78. The molecule has 1 unspecified atom stereocenters. The first-order valence-electron chi connectivity index (χ1n) is 6.32. The fourth-order valence-electron chi connectivity index (χ4n) is 1.98. The number of hydrogen-bond acceptors (Lipinski definition) is 1. The number of unbranched alkanes of at least 4 members (excludes halogenated alkanes) is 2. The summed E-state index contributed by atoms with van der Waals surface area (Å²) in [6, 6.07) is 0. The van der Waals surface area contributed by atoms with Gasteiger partial charge in [-0.2, -0.15) is 0 Å². The van der Waals surface area contributed by atoms with Gasteiger partial charge >= 0.3 is 0 Å². The van der Waals surface area contributed by atoms with Crippen LogP contribution in [0, 0.1) is 11.8 Å². The van der Waals surface area contributed by atoms with Crippen molar-refractivity contribution in [1.29, 1.82) is 0 Å². The van der Waals surface area contributed by atoms with Crippen molar-refractivity contribution in [2.24, 2.45) is 11.8 Å². The first-order valence-corrected chi connectivity index (χ1v) is 6.32. The highest BCUT2D eigenvalue weighted by Gasteiger charge is 2.09. The Balaban J connectivity index is 3.33. The molecule has 0 saturated heterocycles. The van der Waals surface area contributed by atoms with Gasteiger partial charge in [-0.05, 0) is 18.3 Å². The first kappa shape index (κ1) is 14.5. The molecular weight excluding hydrogens is 186 g/mol. The van der Waals surface area contributed by atoms with E-state index in [-0.39, 0.29) is 5.91 Å². The van der Waals surface area contributed by atoms with Crippen molar-refractivity contribution in [1.82, 2.24) is 5.32 Å². The SMILES string of the molecule is CCC(CCCCCNC(C)=O)C(C)C. The van der Waals surface area contributed by atoms with Gasteiger partial charge in [0.2, 0.25) is 5.91 Å². The average molecular weight is 213 g/mol. The summed E-state index contributed by atoms with van der Waals surface area (Å²) < 4.78 is 0. The molecule has 0 bridgehead atoms. The zero-order valence-electron chi connectivity index (χ0n) is 10.8. The Labute approximate surface area is 94.8 Å². The third-order valence-corrected chi connectivity index (χ3v) is 3.09. The highest BCUT2D eigenvalue weighted by Crippen LogP contribution is 2.21. The lowest BCUT2D eigenvalue weighted by atomic mass is 9.88. The Morgan fingerprint density at radius 1 is 1.20 bits per heavy atom. The first-order chi connectivity index (χ1) is 7.07. The van der Waals surface area contributed by atoms with Crippen LogP contribution in [0.5, 0.6) is 0 Å². The molecule has 2 nitrogen and oxygen atoms in total. The molecule has 0 spiro atoms. The normalized spacial score (nSPS) is 12.9. The van der Waals surface area contributed by atoms with Crippen molar-refractivity contribution in [3.63, 3.8) is 0 Å². The zero-order chi connectivity index (χ0) is 11.7. The number of carbonyl (C=O) groups is 1. The lowest BCUT2D eigenvalue weighted by Gasteiger charge is -2.18.